The number of aryl methyl sites for hydroxylation is 1. The van der Waals surface area contributed by atoms with E-state index in [1.165, 1.54) is 17.0 Å². The fraction of sp³-hybridized carbons (Fsp3) is 0.333. The molecular weight excluding hydrogens is 578 g/mol. The SMILES string of the molecule is CC[C@H](C(=O)NC(C)(C)C)N(Cc1ccc(C)cc1)C(=O)CN(c1cccc(Br)c1)S(=O)(=O)c1ccccc1. The van der Waals surface area contributed by atoms with Crippen molar-refractivity contribution in [1.29, 1.82) is 0 Å². The fourth-order valence-electron chi connectivity index (χ4n) is 4.14. The molecular formula is C30H36BrN3O4S. The molecule has 0 spiro atoms. The smallest absolute Gasteiger partial charge is 0.264 e. The maximum absolute atomic E-state index is 14.1. The van der Waals surface area contributed by atoms with Crippen LogP contribution in [0.25, 0.3) is 0 Å². The minimum absolute atomic E-state index is 0.0698. The van der Waals surface area contributed by atoms with Crippen LogP contribution in [0.5, 0.6) is 0 Å². The first-order valence-corrected chi connectivity index (χ1v) is 15.1. The highest BCUT2D eigenvalue weighted by atomic mass is 79.9. The molecule has 0 aliphatic heterocycles. The lowest BCUT2D eigenvalue weighted by Gasteiger charge is -2.34. The Morgan fingerprint density at radius 2 is 1.59 bits per heavy atom. The Morgan fingerprint density at radius 3 is 2.15 bits per heavy atom. The zero-order valence-corrected chi connectivity index (χ0v) is 25.4. The normalized spacial score (nSPS) is 12.5. The molecule has 0 radical (unpaired) electrons. The van der Waals surface area contributed by atoms with E-state index in [-0.39, 0.29) is 17.3 Å². The lowest BCUT2D eigenvalue weighted by Crippen LogP contribution is -2.55. The van der Waals surface area contributed by atoms with E-state index in [4.69, 9.17) is 0 Å². The molecule has 39 heavy (non-hydrogen) atoms. The molecule has 0 saturated heterocycles. The second-order valence-corrected chi connectivity index (χ2v) is 13.3. The van der Waals surface area contributed by atoms with E-state index in [1.54, 1.807) is 42.5 Å². The lowest BCUT2D eigenvalue weighted by molar-refractivity contribution is -0.141. The maximum atomic E-state index is 14.1. The number of nitrogens with zero attached hydrogens (tertiary/aromatic N) is 2. The van der Waals surface area contributed by atoms with Crippen molar-refractivity contribution in [2.24, 2.45) is 0 Å². The first kappa shape index (κ1) is 30.4. The van der Waals surface area contributed by atoms with Crippen LogP contribution in [-0.2, 0) is 26.2 Å². The van der Waals surface area contributed by atoms with Gasteiger partial charge in [0.25, 0.3) is 10.0 Å². The van der Waals surface area contributed by atoms with Crippen LogP contribution in [0.1, 0.15) is 45.2 Å². The van der Waals surface area contributed by atoms with Crippen LogP contribution in [-0.4, -0.2) is 43.3 Å². The molecule has 0 saturated carbocycles. The van der Waals surface area contributed by atoms with E-state index in [2.05, 4.69) is 21.2 Å². The predicted octanol–water partition coefficient (Wildman–Crippen LogP) is 5.67. The number of hydrogen-bond acceptors (Lipinski definition) is 4. The summed E-state index contributed by atoms with van der Waals surface area (Å²) in [7, 11) is -4.09. The molecule has 0 unspecified atom stereocenters. The van der Waals surface area contributed by atoms with Crippen molar-refractivity contribution < 1.29 is 18.0 Å². The Bertz CT molecular complexity index is 1390. The summed E-state index contributed by atoms with van der Waals surface area (Å²) in [4.78, 5) is 29.0. The van der Waals surface area contributed by atoms with Gasteiger partial charge in [0.05, 0.1) is 10.6 Å². The lowest BCUT2D eigenvalue weighted by atomic mass is 10.1. The van der Waals surface area contributed by atoms with Crippen LogP contribution >= 0.6 is 15.9 Å². The Morgan fingerprint density at radius 1 is 0.949 bits per heavy atom. The molecule has 3 aromatic rings. The minimum atomic E-state index is -4.09. The molecule has 2 amide bonds. The molecule has 0 aliphatic carbocycles. The zero-order valence-electron chi connectivity index (χ0n) is 23.0. The highest BCUT2D eigenvalue weighted by Gasteiger charge is 2.34. The standard InChI is InChI=1S/C30H36BrN3O4S/c1-6-27(29(36)32-30(3,4)5)33(20-23-17-15-22(2)16-18-23)28(35)21-34(25-12-10-11-24(31)19-25)39(37,38)26-13-8-7-9-14-26/h7-19,27H,6,20-21H2,1-5H3,(H,32,36)/t27-/m1/s1. The Kier molecular flexibility index (Phi) is 9.96. The van der Waals surface area contributed by atoms with Gasteiger partial charge in [0.15, 0.2) is 0 Å². The molecule has 1 N–H and O–H groups in total. The average Bonchev–Trinajstić information content (AvgIpc) is 2.87. The Labute approximate surface area is 240 Å². The van der Waals surface area contributed by atoms with Gasteiger partial charge < -0.3 is 10.2 Å². The monoisotopic (exact) mass is 613 g/mol. The van der Waals surface area contributed by atoms with E-state index in [9.17, 15) is 18.0 Å². The summed E-state index contributed by atoms with van der Waals surface area (Å²) in [6.45, 7) is 9.14. The summed E-state index contributed by atoms with van der Waals surface area (Å²) in [5.74, 6) is -0.767. The third kappa shape index (κ3) is 8.16. The molecule has 3 aromatic carbocycles. The van der Waals surface area contributed by atoms with Crippen molar-refractivity contribution in [1.82, 2.24) is 10.2 Å². The van der Waals surface area contributed by atoms with E-state index in [1.807, 2.05) is 58.9 Å². The van der Waals surface area contributed by atoms with Gasteiger partial charge in [-0.15, -0.1) is 0 Å². The summed E-state index contributed by atoms with van der Waals surface area (Å²) < 4.78 is 29.4. The van der Waals surface area contributed by atoms with Gasteiger partial charge in [0, 0.05) is 16.6 Å². The van der Waals surface area contributed by atoms with Crippen LogP contribution in [0, 0.1) is 6.92 Å². The minimum Gasteiger partial charge on any atom is -0.350 e. The molecule has 208 valence electrons. The second-order valence-electron chi connectivity index (χ2n) is 10.5. The number of sulfonamides is 1. The number of nitrogens with one attached hydrogen (secondary N) is 1. The molecule has 9 heteroatoms. The largest absolute Gasteiger partial charge is 0.350 e. The van der Waals surface area contributed by atoms with Gasteiger partial charge in [-0.3, -0.25) is 13.9 Å². The van der Waals surface area contributed by atoms with Crippen molar-refractivity contribution in [3.05, 3.63) is 94.5 Å². The number of carbonyl (C=O) groups excluding carboxylic acids is 2. The van der Waals surface area contributed by atoms with Gasteiger partial charge in [0.2, 0.25) is 11.8 Å². The predicted molar refractivity (Wildman–Crippen MR) is 159 cm³/mol. The summed E-state index contributed by atoms with van der Waals surface area (Å²) in [5, 5.41) is 2.98. The van der Waals surface area contributed by atoms with Gasteiger partial charge in [-0.1, -0.05) is 76.9 Å². The van der Waals surface area contributed by atoms with Crippen molar-refractivity contribution in [2.75, 3.05) is 10.8 Å². The highest BCUT2D eigenvalue weighted by Crippen LogP contribution is 2.27. The Balaban J connectivity index is 2.06. The third-order valence-corrected chi connectivity index (χ3v) is 8.35. The molecule has 0 fully saturated rings. The van der Waals surface area contributed by atoms with Gasteiger partial charge in [-0.25, -0.2) is 8.42 Å². The molecule has 1 atom stereocenters. The van der Waals surface area contributed by atoms with Crippen LogP contribution < -0.4 is 9.62 Å². The van der Waals surface area contributed by atoms with E-state index in [0.29, 0.717) is 16.6 Å². The molecule has 0 bridgehead atoms. The van der Waals surface area contributed by atoms with Gasteiger partial charge in [-0.2, -0.15) is 0 Å². The number of benzene rings is 3. The van der Waals surface area contributed by atoms with Crippen LogP contribution in [0.3, 0.4) is 0 Å². The first-order chi connectivity index (χ1) is 18.3. The van der Waals surface area contributed by atoms with Crippen LogP contribution in [0.4, 0.5) is 5.69 Å². The molecule has 0 aromatic heterocycles. The average molecular weight is 615 g/mol. The second kappa shape index (κ2) is 12.8. The number of rotatable bonds is 10. The molecule has 0 aliphatic rings. The zero-order chi connectivity index (χ0) is 28.8. The van der Waals surface area contributed by atoms with Crippen molar-refractivity contribution >= 4 is 43.5 Å². The fourth-order valence-corrected chi connectivity index (χ4v) is 5.96. The van der Waals surface area contributed by atoms with Crippen molar-refractivity contribution in [3.8, 4) is 0 Å². The highest BCUT2D eigenvalue weighted by molar-refractivity contribution is 9.10. The molecule has 3 rings (SSSR count). The van der Waals surface area contributed by atoms with E-state index >= 15 is 0 Å². The van der Waals surface area contributed by atoms with Gasteiger partial charge >= 0.3 is 0 Å². The van der Waals surface area contributed by atoms with Crippen molar-refractivity contribution in [3.63, 3.8) is 0 Å². The summed E-state index contributed by atoms with van der Waals surface area (Å²) in [6, 6.07) is 21.7. The Hall–Kier alpha value is -3.17. The first-order valence-electron chi connectivity index (χ1n) is 12.8. The number of anilines is 1. The van der Waals surface area contributed by atoms with E-state index in [0.717, 1.165) is 15.4 Å². The van der Waals surface area contributed by atoms with Gasteiger partial charge in [-0.05, 0) is 70.0 Å². The third-order valence-electron chi connectivity index (χ3n) is 6.06. The van der Waals surface area contributed by atoms with Crippen LogP contribution in [0.15, 0.2) is 88.2 Å². The molecule has 7 nitrogen and oxygen atoms in total. The number of carbonyl (C=O) groups is 2. The summed E-state index contributed by atoms with van der Waals surface area (Å²) in [5.41, 5.74) is 1.76. The quantitative estimate of drug-likeness (QED) is 0.319. The number of hydrogen-bond donors (Lipinski definition) is 1. The summed E-state index contributed by atoms with van der Waals surface area (Å²) >= 11 is 3.41. The maximum Gasteiger partial charge on any atom is 0.264 e. The van der Waals surface area contributed by atoms with E-state index < -0.39 is 34.1 Å². The van der Waals surface area contributed by atoms with Crippen LogP contribution in [0.2, 0.25) is 0 Å². The number of amides is 2. The van der Waals surface area contributed by atoms with Crippen molar-refractivity contribution in [2.45, 2.75) is 64.1 Å². The number of halogens is 1. The van der Waals surface area contributed by atoms with Gasteiger partial charge in [0.1, 0.15) is 12.6 Å². The molecule has 0 heterocycles. The summed E-state index contributed by atoms with van der Waals surface area (Å²) in [6.07, 6.45) is 0.363. The topological polar surface area (TPSA) is 86.8 Å².